The molecule has 0 unspecified atom stereocenters. The van der Waals surface area contributed by atoms with Crippen LogP contribution in [0.15, 0.2) is 48.5 Å². The number of hydrogen-bond donors (Lipinski definition) is 2. The number of carbonyl (C=O) groups is 1. The number of aryl methyl sites for hydroxylation is 1. The predicted octanol–water partition coefficient (Wildman–Crippen LogP) is 4.74. The minimum Gasteiger partial charge on any atom is -0.497 e. The third-order valence-corrected chi connectivity index (χ3v) is 10.2. The van der Waals surface area contributed by atoms with Gasteiger partial charge in [-0.05, 0) is 91.6 Å². The Kier molecular flexibility index (Phi) is 6.61. The van der Waals surface area contributed by atoms with Crippen molar-refractivity contribution in [1.29, 1.82) is 0 Å². The van der Waals surface area contributed by atoms with Crippen molar-refractivity contribution in [2.24, 2.45) is 24.6 Å². The molecule has 10 nitrogen and oxygen atoms in total. The van der Waals surface area contributed by atoms with E-state index in [-0.39, 0.29) is 24.6 Å². The van der Waals surface area contributed by atoms with Crippen LogP contribution in [0.1, 0.15) is 41.6 Å². The van der Waals surface area contributed by atoms with E-state index in [2.05, 4.69) is 21.3 Å². The molecule has 2 bridgehead atoms. The fourth-order valence-corrected chi connectivity index (χ4v) is 7.55. The van der Waals surface area contributed by atoms with E-state index in [1.54, 1.807) is 14.2 Å². The molecular formula is C35H38N6O4. The van der Waals surface area contributed by atoms with Crippen molar-refractivity contribution in [2.75, 3.05) is 20.8 Å². The van der Waals surface area contributed by atoms with Crippen LogP contribution in [0.25, 0.3) is 44.8 Å². The van der Waals surface area contributed by atoms with Crippen molar-refractivity contribution in [2.45, 2.75) is 50.9 Å². The number of imidazole rings is 1. The number of amides is 1. The van der Waals surface area contributed by atoms with Crippen molar-refractivity contribution >= 4 is 28.0 Å². The van der Waals surface area contributed by atoms with Gasteiger partial charge in [0.1, 0.15) is 22.7 Å². The number of ether oxygens (including phenoxy) is 2. The van der Waals surface area contributed by atoms with Gasteiger partial charge in [0, 0.05) is 48.7 Å². The summed E-state index contributed by atoms with van der Waals surface area (Å²) in [6.07, 6.45) is 4.44. The van der Waals surface area contributed by atoms with Crippen molar-refractivity contribution in [1.82, 2.24) is 24.0 Å². The van der Waals surface area contributed by atoms with Crippen LogP contribution in [0.5, 0.6) is 11.5 Å². The standard InChI is InChI=1S/C35H38N6O4/c1-39-32-27(13-22(15-30(32)45-3)35(43)41-17-21-7-11-28(41)31(21)36)38-34(39)29-14-20-6-10-26(37-33(20)40(29)16-19-4-5-19)25-9-8-24(44-2)12-23(25)18-42/h6,8-10,12-15,19,21,28,31,42H,4-5,7,11,16-18,36H2,1-3H3/t21-,28-,31-/m1/s1. The number of aromatic nitrogens is 4. The highest BCUT2D eigenvalue weighted by molar-refractivity contribution is 6.00. The molecule has 0 spiro atoms. The quantitative estimate of drug-likeness (QED) is 0.262. The van der Waals surface area contributed by atoms with Crippen LogP contribution in [0.3, 0.4) is 0 Å². The molecule has 2 aromatic carbocycles. The average molecular weight is 607 g/mol. The van der Waals surface area contributed by atoms with Gasteiger partial charge in [0.25, 0.3) is 5.91 Å². The second-order valence-electron chi connectivity index (χ2n) is 12.9. The maximum absolute atomic E-state index is 13.7. The summed E-state index contributed by atoms with van der Waals surface area (Å²) in [7, 11) is 5.25. The molecule has 3 aliphatic rings. The van der Waals surface area contributed by atoms with Crippen LogP contribution < -0.4 is 15.2 Å². The topological polar surface area (TPSA) is 121 Å². The van der Waals surface area contributed by atoms with Crippen molar-refractivity contribution in [3.63, 3.8) is 0 Å². The lowest BCUT2D eigenvalue weighted by Gasteiger charge is -2.27. The molecule has 1 saturated heterocycles. The molecule has 232 valence electrons. The third kappa shape index (κ3) is 4.49. The Morgan fingerprint density at radius 1 is 1.02 bits per heavy atom. The zero-order chi connectivity index (χ0) is 31.0. The van der Waals surface area contributed by atoms with Gasteiger partial charge in [0.2, 0.25) is 0 Å². The molecule has 3 atom stereocenters. The molecule has 3 N–H and O–H groups in total. The van der Waals surface area contributed by atoms with Gasteiger partial charge < -0.3 is 34.3 Å². The van der Waals surface area contributed by atoms with E-state index in [4.69, 9.17) is 25.2 Å². The number of aliphatic hydroxyl groups excluding tert-OH is 1. The number of piperidine rings is 1. The van der Waals surface area contributed by atoms with Gasteiger partial charge in [-0.15, -0.1) is 0 Å². The summed E-state index contributed by atoms with van der Waals surface area (Å²) in [5.74, 6) is 3.07. The van der Waals surface area contributed by atoms with E-state index >= 15 is 0 Å². The highest BCUT2D eigenvalue weighted by Crippen LogP contribution is 2.40. The molecule has 8 rings (SSSR count). The molecule has 2 aliphatic carbocycles. The Morgan fingerprint density at radius 3 is 2.56 bits per heavy atom. The Morgan fingerprint density at radius 2 is 1.87 bits per heavy atom. The number of fused-ring (bicyclic) bond motifs is 4. The van der Waals surface area contributed by atoms with Gasteiger partial charge in [-0.2, -0.15) is 0 Å². The highest BCUT2D eigenvalue weighted by Gasteiger charge is 2.47. The molecule has 5 aromatic rings. The summed E-state index contributed by atoms with van der Waals surface area (Å²) >= 11 is 0. The fraction of sp³-hybridized carbons (Fsp3) is 0.400. The monoisotopic (exact) mass is 606 g/mol. The highest BCUT2D eigenvalue weighted by atomic mass is 16.5. The first-order valence-electron chi connectivity index (χ1n) is 15.8. The minimum absolute atomic E-state index is 0.00888. The number of hydrogen-bond acceptors (Lipinski definition) is 7. The van der Waals surface area contributed by atoms with Crippen molar-refractivity contribution < 1.29 is 19.4 Å². The minimum atomic E-state index is -0.113. The number of benzene rings is 2. The summed E-state index contributed by atoms with van der Waals surface area (Å²) in [5.41, 5.74) is 12.8. The van der Waals surface area contributed by atoms with Crippen molar-refractivity contribution in [3.8, 4) is 34.3 Å². The zero-order valence-corrected chi connectivity index (χ0v) is 25.9. The molecule has 10 heteroatoms. The lowest BCUT2D eigenvalue weighted by atomic mass is 10.0. The number of pyridine rings is 1. The number of aliphatic hydroxyl groups is 1. The van der Waals surface area contributed by atoms with Gasteiger partial charge in [-0.25, -0.2) is 9.97 Å². The maximum atomic E-state index is 13.7. The molecule has 3 fully saturated rings. The zero-order valence-electron chi connectivity index (χ0n) is 25.9. The van der Waals surface area contributed by atoms with Gasteiger partial charge in [-0.1, -0.05) is 0 Å². The Balaban J connectivity index is 1.24. The first-order valence-corrected chi connectivity index (χ1v) is 15.8. The van der Waals surface area contributed by atoms with Crippen LogP contribution >= 0.6 is 0 Å². The van der Waals surface area contributed by atoms with Gasteiger partial charge in [0.05, 0.1) is 37.7 Å². The Hall–Kier alpha value is -4.41. The van der Waals surface area contributed by atoms with Gasteiger partial charge >= 0.3 is 0 Å². The largest absolute Gasteiger partial charge is 0.497 e. The lowest BCUT2D eigenvalue weighted by molar-refractivity contribution is 0.0700. The molecule has 1 aliphatic heterocycles. The number of methoxy groups -OCH3 is 2. The second kappa shape index (κ2) is 10.6. The molecule has 0 radical (unpaired) electrons. The summed E-state index contributed by atoms with van der Waals surface area (Å²) in [4.78, 5) is 26.0. The molecule has 4 heterocycles. The molecule has 3 aromatic heterocycles. The normalized spacial score (nSPS) is 20.9. The third-order valence-electron chi connectivity index (χ3n) is 10.2. The molecule has 45 heavy (non-hydrogen) atoms. The number of rotatable bonds is 8. The van der Waals surface area contributed by atoms with E-state index in [0.717, 1.165) is 64.3 Å². The van der Waals surface area contributed by atoms with Crippen LogP contribution in [0.4, 0.5) is 0 Å². The maximum Gasteiger partial charge on any atom is 0.254 e. The fourth-order valence-electron chi connectivity index (χ4n) is 7.55. The molecular weight excluding hydrogens is 568 g/mol. The van der Waals surface area contributed by atoms with E-state index in [1.165, 1.54) is 12.8 Å². The van der Waals surface area contributed by atoms with Crippen LogP contribution in [0, 0.1) is 11.8 Å². The van der Waals surface area contributed by atoms with Crippen molar-refractivity contribution in [3.05, 3.63) is 59.7 Å². The van der Waals surface area contributed by atoms with Crippen LogP contribution in [-0.2, 0) is 20.2 Å². The summed E-state index contributed by atoms with van der Waals surface area (Å²) < 4.78 is 15.6. The number of nitrogens with two attached hydrogens (primary N) is 1. The molecule has 1 amide bonds. The van der Waals surface area contributed by atoms with E-state index < -0.39 is 0 Å². The van der Waals surface area contributed by atoms with Crippen LogP contribution in [-0.4, -0.2) is 67.9 Å². The van der Waals surface area contributed by atoms with Gasteiger partial charge in [-0.3, -0.25) is 4.79 Å². The number of carbonyl (C=O) groups excluding carboxylic acids is 1. The first-order chi connectivity index (χ1) is 21.9. The predicted molar refractivity (Wildman–Crippen MR) is 172 cm³/mol. The number of likely N-dealkylation sites (tertiary alicyclic amines) is 1. The second-order valence-corrected chi connectivity index (χ2v) is 12.9. The molecule has 2 saturated carbocycles. The van der Waals surface area contributed by atoms with Crippen LogP contribution in [0.2, 0.25) is 0 Å². The lowest BCUT2D eigenvalue weighted by Crippen LogP contribution is -2.41. The van der Waals surface area contributed by atoms with E-state index in [1.807, 2.05) is 48.3 Å². The summed E-state index contributed by atoms with van der Waals surface area (Å²) in [6.45, 7) is 1.44. The SMILES string of the molecule is COc1ccc(-c2ccc3cc(-c4nc5cc(C(=O)N6C[C@H]7CC[C@@H]6[C@@H]7N)cc(OC)c5n4C)n(CC4CC4)c3n2)c(CO)c1. The van der Waals surface area contributed by atoms with E-state index in [9.17, 15) is 9.90 Å². The Bertz CT molecular complexity index is 1970. The first kappa shape index (κ1) is 28.1. The average Bonchev–Trinajstić information content (AvgIpc) is 3.47. The summed E-state index contributed by atoms with van der Waals surface area (Å²) in [6, 6.07) is 15.8. The summed E-state index contributed by atoms with van der Waals surface area (Å²) in [5, 5.41) is 11.1. The number of nitrogens with zero attached hydrogens (tertiary/aromatic N) is 5. The Labute approximate surface area is 261 Å². The van der Waals surface area contributed by atoms with E-state index in [0.29, 0.717) is 41.0 Å². The van der Waals surface area contributed by atoms with Gasteiger partial charge in [0.15, 0.2) is 5.82 Å². The smallest absolute Gasteiger partial charge is 0.254 e.